The van der Waals surface area contributed by atoms with Gasteiger partial charge in [-0.1, -0.05) is 23.9 Å². The van der Waals surface area contributed by atoms with Crippen LogP contribution in [0.1, 0.15) is 36.9 Å². The molecule has 1 atom stereocenters. The molecule has 1 unspecified atom stereocenters. The number of tetrazole rings is 1. The fourth-order valence-corrected chi connectivity index (χ4v) is 3.24. The van der Waals surface area contributed by atoms with Crippen LogP contribution in [0.2, 0.25) is 0 Å². The van der Waals surface area contributed by atoms with Crippen LogP contribution in [-0.4, -0.2) is 30.2 Å². The molecule has 2 aromatic heterocycles. The van der Waals surface area contributed by atoms with E-state index >= 15 is 0 Å². The fourth-order valence-electron chi connectivity index (χ4n) is 2.32. The van der Waals surface area contributed by atoms with Crippen molar-refractivity contribution in [1.29, 1.82) is 0 Å². The highest BCUT2D eigenvalue weighted by atomic mass is 32.2. The largest absolute Gasteiger partial charge is 0.309 e. The minimum absolute atomic E-state index is 0.0409. The van der Waals surface area contributed by atoms with Crippen molar-refractivity contribution in [3.63, 3.8) is 0 Å². The van der Waals surface area contributed by atoms with Gasteiger partial charge < -0.3 is 4.98 Å². The molecule has 0 aliphatic heterocycles. The van der Waals surface area contributed by atoms with Crippen LogP contribution in [0, 0.1) is 0 Å². The van der Waals surface area contributed by atoms with Crippen molar-refractivity contribution < 1.29 is 0 Å². The normalized spacial score (nSPS) is 16.0. The van der Waals surface area contributed by atoms with Crippen LogP contribution in [0.15, 0.2) is 34.2 Å². The van der Waals surface area contributed by atoms with Crippen LogP contribution in [0.5, 0.6) is 0 Å². The maximum Gasteiger partial charge on any atom is 0.258 e. The summed E-state index contributed by atoms with van der Waals surface area (Å²) in [4.78, 5) is 19.6. The predicted octanol–water partition coefficient (Wildman–Crippen LogP) is 2.10. The van der Waals surface area contributed by atoms with E-state index in [9.17, 15) is 4.79 Å². The van der Waals surface area contributed by atoms with Gasteiger partial charge in [-0.25, -0.2) is 9.67 Å². The summed E-state index contributed by atoms with van der Waals surface area (Å²) in [5.74, 6) is 0.638. The standard InChI is InChI=1S/C14H14N6OS/c1-8(22-14-17-18-19-20(14)9-6-7-9)12-15-11-5-3-2-4-10(11)13(21)16-12/h2-5,8-9H,6-7H2,1H3,(H,15,16,21). The van der Waals surface area contributed by atoms with E-state index in [2.05, 4.69) is 25.5 Å². The number of nitrogens with one attached hydrogen (secondary N) is 1. The first-order valence-corrected chi connectivity index (χ1v) is 8.04. The molecule has 1 aliphatic rings. The Bertz CT molecular complexity index is 884. The molecule has 7 nitrogen and oxygen atoms in total. The molecule has 0 saturated heterocycles. The number of aromatic amines is 1. The summed E-state index contributed by atoms with van der Waals surface area (Å²) in [7, 11) is 0. The van der Waals surface area contributed by atoms with E-state index in [-0.39, 0.29) is 10.8 Å². The number of hydrogen-bond donors (Lipinski definition) is 1. The van der Waals surface area contributed by atoms with Gasteiger partial charge >= 0.3 is 0 Å². The van der Waals surface area contributed by atoms with Crippen LogP contribution in [0.25, 0.3) is 10.9 Å². The molecule has 3 aromatic rings. The summed E-state index contributed by atoms with van der Waals surface area (Å²) in [6.07, 6.45) is 2.25. The third-order valence-corrected chi connectivity index (χ3v) is 4.71. The Balaban J connectivity index is 1.66. The molecule has 4 rings (SSSR count). The molecule has 0 bridgehead atoms. The van der Waals surface area contributed by atoms with E-state index in [0.717, 1.165) is 18.0 Å². The summed E-state index contributed by atoms with van der Waals surface area (Å²) in [6.45, 7) is 1.99. The Morgan fingerprint density at radius 1 is 1.36 bits per heavy atom. The van der Waals surface area contributed by atoms with Gasteiger partial charge in [0.25, 0.3) is 5.56 Å². The molecule has 1 N–H and O–H groups in total. The molecule has 1 fully saturated rings. The predicted molar refractivity (Wildman–Crippen MR) is 82.7 cm³/mol. The second kappa shape index (κ2) is 5.20. The van der Waals surface area contributed by atoms with Gasteiger partial charge in [0.2, 0.25) is 5.16 Å². The molecule has 22 heavy (non-hydrogen) atoms. The first kappa shape index (κ1) is 13.4. The zero-order chi connectivity index (χ0) is 15.1. The maximum absolute atomic E-state index is 12.1. The molecule has 8 heteroatoms. The SMILES string of the molecule is CC(Sc1nnnn1C1CC1)c1nc2ccccc2c(=O)[nH]1. The van der Waals surface area contributed by atoms with E-state index in [1.165, 1.54) is 11.8 Å². The minimum Gasteiger partial charge on any atom is -0.309 e. The number of thioether (sulfide) groups is 1. The summed E-state index contributed by atoms with van der Waals surface area (Å²) in [6, 6.07) is 7.76. The molecule has 1 saturated carbocycles. The molecule has 1 aliphatic carbocycles. The lowest BCUT2D eigenvalue weighted by molar-refractivity contribution is 0.564. The number of rotatable bonds is 4. The zero-order valence-electron chi connectivity index (χ0n) is 11.9. The Hall–Kier alpha value is -2.22. The highest BCUT2D eigenvalue weighted by molar-refractivity contribution is 7.99. The summed E-state index contributed by atoms with van der Waals surface area (Å²) in [5.41, 5.74) is 0.588. The van der Waals surface area contributed by atoms with Crippen molar-refractivity contribution in [3.05, 3.63) is 40.4 Å². The Kier molecular flexibility index (Phi) is 3.18. The van der Waals surface area contributed by atoms with Gasteiger partial charge in [0.1, 0.15) is 5.82 Å². The van der Waals surface area contributed by atoms with E-state index < -0.39 is 0 Å². The third-order valence-electron chi connectivity index (χ3n) is 3.65. The van der Waals surface area contributed by atoms with Crippen LogP contribution in [-0.2, 0) is 0 Å². The second-order valence-electron chi connectivity index (χ2n) is 5.37. The monoisotopic (exact) mass is 314 g/mol. The molecule has 0 amide bonds. The van der Waals surface area contributed by atoms with Crippen molar-refractivity contribution in [2.45, 2.75) is 36.2 Å². The van der Waals surface area contributed by atoms with Crippen molar-refractivity contribution in [1.82, 2.24) is 30.2 Å². The Morgan fingerprint density at radius 2 is 2.18 bits per heavy atom. The Labute approximate surface area is 130 Å². The van der Waals surface area contributed by atoms with Crippen LogP contribution < -0.4 is 5.56 Å². The van der Waals surface area contributed by atoms with Crippen LogP contribution >= 0.6 is 11.8 Å². The molecule has 0 radical (unpaired) electrons. The van der Waals surface area contributed by atoms with Crippen molar-refractivity contribution in [2.75, 3.05) is 0 Å². The minimum atomic E-state index is -0.116. The lowest BCUT2D eigenvalue weighted by atomic mass is 10.2. The van der Waals surface area contributed by atoms with E-state index in [0.29, 0.717) is 22.8 Å². The van der Waals surface area contributed by atoms with Crippen LogP contribution in [0.4, 0.5) is 0 Å². The lowest BCUT2D eigenvalue weighted by Crippen LogP contribution is -2.13. The molecule has 2 heterocycles. The summed E-state index contributed by atoms with van der Waals surface area (Å²) in [5, 5.41) is 13.2. The van der Waals surface area contributed by atoms with Crippen molar-refractivity contribution in [2.24, 2.45) is 0 Å². The number of para-hydroxylation sites is 1. The number of benzene rings is 1. The van der Waals surface area contributed by atoms with Crippen LogP contribution in [0.3, 0.4) is 0 Å². The summed E-state index contributed by atoms with van der Waals surface area (Å²) >= 11 is 1.51. The second-order valence-corrected chi connectivity index (χ2v) is 6.67. The smallest absolute Gasteiger partial charge is 0.258 e. The number of nitrogens with zero attached hydrogens (tertiary/aromatic N) is 5. The third kappa shape index (κ3) is 2.39. The van der Waals surface area contributed by atoms with E-state index in [1.807, 2.05) is 29.8 Å². The average Bonchev–Trinajstić information content (AvgIpc) is 3.27. The highest BCUT2D eigenvalue weighted by Crippen LogP contribution is 2.39. The van der Waals surface area contributed by atoms with Gasteiger partial charge in [-0.2, -0.15) is 0 Å². The zero-order valence-corrected chi connectivity index (χ0v) is 12.7. The Morgan fingerprint density at radius 3 is 3.00 bits per heavy atom. The highest BCUT2D eigenvalue weighted by Gasteiger charge is 2.29. The number of fused-ring (bicyclic) bond motifs is 1. The molecule has 1 aromatic carbocycles. The van der Waals surface area contributed by atoms with Gasteiger partial charge in [0, 0.05) is 0 Å². The van der Waals surface area contributed by atoms with Gasteiger partial charge in [0.05, 0.1) is 22.2 Å². The van der Waals surface area contributed by atoms with Gasteiger partial charge in [-0.15, -0.1) is 5.10 Å². The van der Waals surface area contributed by atoms with E-state index in [1.54, 1.807) is 6.07 Å². The fraction of sp³-hybridized carbons (Fsp3) is 0.357. The number of aromatic nitrogens is 6. The first-order chi connectivity index (χ1) is 10.7. The van der Waals surface area contributed by atoms with Gasteiger partial charge in [-0.05, 0) is 42.3 Å². The average molecular weight is 314 g/mol. The van der Waals surface area contributed by atoms with Gasteiger partial charge in [-0.3, -0.25) is 4.79 Å². The topological polar surface area (TPSA) is 89.3 Å². The summed E-state index contributed by atoms with van der Waals surface area (Å²) < 4.78 is 1.86. The van der Waals surface area contributed by atoms with E-state index in [4.69, 9.17) is 0 Å². The molecule has 0 spiro atoms. The molecular formula is C14H14N6OS. The quantitative estimate of drug-likeness (QED) is 0.742. The van der Waals surface area contributed by atoms with Crippen molar-refractivity contribution in [3.8, 4) is 0 Å². The molecular weight excluding hydrogens is 300 g/mol. The number of hydrogen-bond acceptors (Lipinski definition) is 6. The maximum atomic E-state index is 12.1. The number of H-pyrrole nitrogens is 1. The van der Waals surface area contributed by atoms with Crippen molar-refractivity contribution >= 4 is 22.7 Å². The first-order valence-electron chi connectivity index (χ1n) is 7.16. The van der Waals surface area contributed by atoms with Gasteiger partial charge in [0.15, 0.2) is 0 Å². The lowest BCUT2D eigenvalue weighted by Gasteiger charge is -2.10. The molecule has 112 valence electrons.